The fraction of sp³-hybridized carbons (Fsp3) is 0.333. The maximum absolute atomic E-state index is 11.1. The van der Waals surface area contributed by atoms with E-state index in [-0.39, 0.29) is 18.4 Å². The minimum Gasteiger partial charge on any atom is -0.492 e. The van der Waals surface area contributed by atoms with Gasteiger partial charge in [-0.25, -0.2) is 8.42 Å². The molecular formula is C18H23NO3S. The zero-order valence-electron chi connectivity index (χ0n) is 13.5. The lowest BCUT2D eigenvalue weighted by Crippen LogP contribution is -2.12. The number of nitrogens with one attached hydrogen (secondary N) is 1. The molecule has 0 unspecified atom stereocenters. The molecule has 0 saturated heterocycles. The summed E-state index contributed by atoms with van der Waals surface area (Å²) in [5.41, 5.74) is 2.19. The SMILES string of the molecule is CC[C@H](Nc1cccc(OCCS(C)(=O)=O)c1)c1ccccc1. The number of benzene rings is 2. The molecule has 124 valence electrons. The van der Waals surface area contributed by atoms with Gasteiger partial charge in [0.25, 0.3) is 0 Å². The minimum atomic E-state index is -3.00. The van der Waals surface area contributed by atoms with Gasteiger partial charge in [0.1, 0.15) is 12.4 Å². The van der Waals surface area contributed by atoms with Crippen LogP contribution in [0.25, 0.3) is 0 Å². The van der Waals surface area contributed by atoms with Gasteiger partial charge in [-0.2, -0.15) is 0 Å². The molecule has 0 aliphatic rings. The molecule has 0 amide bonds. The van der Waals surface area contributed by atoms with Crippen LogP contribution in [0.1, 0.15) is 24.9 Å². The second kappa shape index (κ2) is 8.02. The number of anilines is 1. The smallest absolute Gasteiger partial charge is 0.150 e. The van der Waals surface area contributed by atoms with Crippen molar-refractivity contribution in [2.45, 2.75) is 19.4 Å². The van der Waals surface area contributed by atoms with Crippen molar-refractivity contribution < 1.29 is 13.2 Å². The molecule has 23 heavy (non-hydrogen) atoms. The molecule has 0 aliphatic heterocycles. The molecule has 1 atom stereocenters. The van der Waals surface area contributed by atoms with Gasteiger partial charge < -0.3 is 10.1 Å². The Morgan fingerprint density at radius 2 is 1.83 bits per heavy atom. The predicted molar refractivity (Wildman–Crippen MR) is 94.7 cm³/mol. The van der Waals surface area contributed by atoms with Crippen molar-refractivity contribution in [1.29, 1.82) is 0 Å². The number of rotatable bonds is 8. The van der Waals surface area contributed by atoms with Crippen LogP contribution in [0.5, 0.6) is 5.75 Å². The highest BCUT2D eigenvalue weighted by Gasteiger charge is 2.09. The summed E-state index contributed by atoms with van der Waals surface area (Å²) >= 11 is 0. The predicted octanol–water partition coefficient (Wildman–Crippen LogP) is 3.67. The molecule has 1 N–H and O–H groups in total. The first kappa shape index (κ1) is 17.3. The highest BCUT2D eigenvalue weighted by atomic mass is 32.2. The van der Waals surface area contributed by atoms with E-state index in [2.05, 4.69) is 24.4 Å². The van der Waals surface area contributed by atoms with Crippen LogP contribution in [0.3, 0.4) is 0 Å². The third-order valence-corrected chi connectivity index (χ3v) is 4.42. The Kier molecular flexibility index (Phi) is 6.04. The Hall–Kier alpha value is -2.01. The monoisotopic (exact) mass is 333 g/mol. The molecule has 0 fully saturated rings. The van der Waals surface area contributed by atoms with Crippen molar-refractivity contribution in [1.82, 2.24) is 0 Å². The zero-order chi connectivity index (χ0) is 16.7. The van der Waals surface area contributed by atoms with Crippen LogP contribution in [-0.4, -0.2) is 27.0 Å². The van der Waals surface area contributed by atoms with Crippen LogP contribution in [0.15, 0.2) is 54.6 Å². The summed E-state index contributed by atoms with van der Waals surface area (Å²) < 4.78 is 27.8. The van der Waals surface area contributed by atoms with Crippen molar-refractivity contribution in [2.24, 2.45) is 0 Å². The first-order valence-corrected chi connectivity index (χ1v) is 9.76. The first-order chi connectivity index (χ1) is 11.0. The number of hydrogen-bond acceptors (Lipinski definition) is 4. The van der Waals surface area contributed by atoms with E-state index in [0.29, 0.717) is 5.75 Å². The average molecular weight is 333 g/mol. The number of hydrogen-bond donors (Lipinski definition) is 1. The van der Waals surface area contributed by atoms with Crippen LogP contribution in [0, 0.1) is 0 Å². The van der Waals surface area contributed by atoms with Crippen LogP contribution in [0.4, 0.5) is 5.69 Å². The normalized spacial score (nSPS) is 12.6. The van der Waals surface area contributed by atoms with Crippen molar-refractivity contribution >= 4 is 15.5 Å². The van der Waals surface area contributed by atoms with Gasteiger partial charge in [0.2, 0.25) is 0 Å². The van der Waals surface area contributed by atoms with Gasteiger partial charge in [-0.15, -0.1) is 0 Å². The molecule has 2 rings (SSSR count). The minimum absolute atomic E-state index is 0.0201. The van der Waals surface area contributed by atoms with Crippen LogP contribution in [0.2, 0.25) is 0 Å². The molecule has 2 aromatic rings. The molecule has 4 nitrogen and oxygen atoms in total. The fourth-order valence-electron chi connectivity index (χ4n) is 2.29. The van der Waals surface area contributed by atoms with E-state index < -0.39 is 9.84 Å². The Bertz CT molecular complexity index is 714. The summed E-state index contributed by atoms with van der Waals surface area (Å²) in [6.07, 6.45) is 2.17. The molecule has 0 bridgehead atoms. The molecule has 2 aromatic carbocycles. The highest BCUT2D eigenvalue weighted by Crippen LogP contribution is 2.25. The van der Waals surface area contributed by atoms with Crippen molar-refractivity contribution in [3.8, 4) is 5.75 Å². The van der Waals surface area contributed by atoms with Crippen LogP contribution < -0.4 is 10.1 Å². The van der Waals surface area contributed by atoms with Crippen molar-refractivity contribution in [3.05, 3.63) is 60.2 Å². The Morgan fingerprint density at radius 1 is 1.09 bits per heavy atom. The Balaban J connectivity index is 2.01. The van der Waals surface area contributed by atoms with Gasteiger partial charge >= 0.3 is 0 Å². The second-order valence-electron chi connectivity index (χ2n) is 5.52. The largest absolute Gasteiger partial charge is 0.492 e. The highest BCUT2D eigenvalue weighted by molar-refractivity contribution is 7.90. The summed E-state index contributed by atoms with van der Waals surface area (Å²) in [7, 11) is -3.00. The number of ether oxygens (including phenoxy) is 1. The van der Waals surface area contributed by atoms with Gasteiger partial charge in [-0.3, -0.25) is 0 Å². The van der Waals surface area contributed by atoms with E-state index >= 15 is 0 Å². The van der Waals surface area contributed by atoms with Gasteiger partial charge in [0.05, 0.1) is 11.8 Å². The third kappa shape index (κ3) is 5.94. The van der Waals surface area contributed by atoms with Gasteiger partial charge in [0, 0.05) is 18.0 Å². The van der Waals surface area contributed by atoms with Gasteiger partial charge in [0.15, 0.2) is 9.84 Å². The standard InChI is InChI=1S/C18H23NO3S/c1-3-18(15-8-5-4-6-9-15)19-16-10-7-11-17(14-16)22-12-13-23(2,20)21/h4-11,14,18-19H,3,12-13H2,1-2H3/t18-/m0/s1. The van der Waals surface area contributed by atoms with E-state index in [1.165, 1.54) is 11.8 Å². The third-order valence-electron chi connectivity index (χ3n) is 3.51. The molecule has 0 aromatic heterocycles. The topological polar surface area (TPSA) is 55.4 Å². The molecule has 0 aliphatic carbocycles. The summed E-state index contributed by atoms with van der Waals surface area (Å²) in [6.45, 7) is 2.30. The van der Waals surface area contributed by atoms with E-state index in [4.69, 9.17) is 4.74 Å². The van der Waals surface area contributed by atoms with E-state index in [1.807, 2.05) is 42.5 Å². The van der Waals surface area contributed by atoms with E-state index in [9.17, 15) is 8.42 Å². The Labute approximate surface area is 138 Å². The second-order valence-corrected chi connectivity index (χ2v) is 7.78. The average Bonchev–Trinajstić information content (AvgIpc) is 2.53. The van der Waals surface area contributed by atoms with E-state index in [1.54, 1.807) is 0 Å². The van der Waals surface area contributed by atoms with Gasteiger partial charge in [-0.1, -0.05) is 43.3 Å². The summed E-state index contributed by atoms with van der Waals surface area (Å²) in [4.78, 5) is 0. The lowest BCUT2D eigenvalue weighted by atomic mass is 10.0. The zero-order valence-corrected chi connectivity index (χ0v) is 14.3. The summed E-state index contributed by atoms with van der Waals surface area (Å²) in [6, 6.07) is 18.1. The molecule has 0 heterocycles. The van der Waals surface area contributed by atoms with Crippen LogP contribution in [-0.2, 0) is 9.84 Å². The quantitative estimate of drug-likeness (QED) is 0.801. The maximum atomic E-state index is 11.1. The maximum Gasteiger partial charge on any atom is 0.150 e. The first-order valence-electron chi connectivity index (χ1n) is 7.70. The van der Waals surface area contributed by atoms with Crippen LogP contribution >= 0.6 is 0 Å². The number of sulfone groups is 1. The molecular weight excluding hydrogens is 310 g/mol. The molecule has 5 heteroatoms. The molecule has 0 spiro atoms. The lowest BCUT2D eigenvalue weighted by molar-refractivity contribution is 0.341. The molecule has 0 saturated carbocycles. The summed E-state index contributed by atoms with van der Waals surface area (Å²) in [5, 5.41) is 3.49. The van der Waals surface area contributed by atoms with Gasteiger partial charge in [-0.05, 0) is 24.1 Å². The van der Waals surface area contributed by atoms with Crippen molar-refractivity contribution in [3.63, 3.8) is 0 Å². The lowest BCUT2D eigenvalue weighted by Gasteiger charge is -2.19. The fourth-order valence-corrected chi connectivity index (χ4v) is 2.68. The van der Waals surface area contributed by atoms with Crippen molar-refractivity contribution in [2.75, 3.05) is 23.9 Å². The molecule has 0 radical (unpaired) electrons. The van der Waals surface area contributed by atoms with E-state index in [0.717, 1.165) is 12.1 Å². The Morgan fingerprint density at radius 3 is 2.48 bits per heavy atom. The summed E-state index contributed by atoms with van der Waals surface area (Å²) in [5.74, 6) is 0.688.